The van der Waals surface area contributed by atoms with Crippen LogP contribution in [0.15, 0.2) is 64.7 Å². The second-order valence-electron chi connectivity index (χ2n) is 5.94. The molecule has 3 amide bonds. The molecule has 1 N–H and O–H groups in total. The van der Waals surface area contributed by atoms with Crippen LogP contribution in [0.25, 0.3) is 17.4 Å². The molecule has 0 spiro atoms. The van der Waals surface area contributed by atoms with E-state index in [0.717, 1.165) is 10.5 Å². The van der Waals surface area contributed by atoms with E-state index in [1.807, 2.05) is 0 Å². The summed E-state index contributed by atoms with van der Waals surface area (Å²) >= 11 is 17.9. The van der Waals surface area contributed by atoms with Crippen molar-refractivity contribution < 1.29 is 14.0 Å². The highest BCUT2D eigenvalue weighted by atomic mass is 35.5. The van der Waals surface area contributed by atoms with Crippen molar-refractivity contribution in [1.29, 1.82) is 0 Å². The Morgan fingerprint density at radius 1 is 0.929 bits per heavy atom. The first kappa shape index (κ1) is 18.6. The normalized spacial score (nSPS) is 15.4. The highest BCUT2D eigenvalue weighted by molar-refractivity contribution is 6.42. The van der Waals surface area contributed by atoms with E-state index in [2.05, 4.69) is 5.32 Å². The number of carbonyl (C=O) groups excluding carboxylic acids is 2. The molecule has 1 fully saturated rings. The fourth-order valence-electron chi connectivity index (χ4n) is 2.76. The number of carbonyl (C=O) groups is 2. The predicted octanol–water partition coefficient (Wildman–Crippen LogP) is 6.00. The molecule has 0 bridgehead atoms. The zero-order valence-corrected chi connectivity index (χ0v) is 16.3. The number of nitrogens with zero attached hydrogens (tertiary/aromatic N) is 1. The minimum absolute atomic E-state index is 0.0972. The number of amides is 3. The Morgan fingerprint density at radius 3 is 2.50 bits per heavy atom. The fourth-order valence-corrected chi connectivity index (χ4v) is 3.24. The largest absolute Gasteiger partial charge is 0.457 e. The van der Waals surface area contributed by atoms with Crippen molar-refractivity contribution in [1.82, 2.24) is 5.32 Å². The number of imide groups is 1. The van der Waals surface area contributed by atoms with Crippen molar-refractivity contribution in [3.05, 3.63) is 81.1 Å². The van der Waals surface area contributed by atoms with Gasteiger partial charge in [0.05, 0.1) is 15.7 Å². The van der Waals surface area contributed by atoms with E-state index in [4.69, 9.17) is 39.2 Å². The van der Waals surface area contributed by atoms with Gasteiger partial charge in [-0.05, 0) is 48.5 Å². The Hall–Kier alpha value is -2.73. The van der Waals surface area contributed by atoms with Crippen molar-refractivity contribution in [3.8, 4) is 11.3 Å². The number of furan rings is 1. The van der Waals surface area contributed by atoms with Crippen LogP contribution in [0.4, 0.5) is 10.5 Å². The summed E-state index contributed by atoms with van der Waals surface area (Å²) in [5.41, 5.74) is 1.22. The maximum atomic E-state index is 12.6. The Kier molecular flexibility index (Phi) is 4.89. The average Bonchev–Trinajstić information content (AvgIpc) is 3.22. The molecule has 28 heavy (non-hydrogen) atoms. The first-order valence-electron chi connectivity index (χ1n) is 8.10. The van der Waals surface area contributed by atoms with E-state index in [0.29, 0.717) is 32.3 Å². The van der Waals surface area contributed by atoms with Crippen LogP contribution >= 0.6 is 34.8 Å². The molecule has 140 valence electrons. The lowest BCUT2D eigenvalue weighted by Gasteiger charge is -2.11. The molecule has 5 nitrogen and oxygen atoms in total. The van der Waals surface area contributed by atoms with Crippen LogP contribution in [0.1, 0.15) is 5.76 Å². The average molecular weight is 434 g/mol. The van der Waals surface area contributed by atoms with E-state index in [-0.39, 0.29) is 5.70 Å². The number of benzene rings is 2. The molecule has 8 heteroatoms. The third-order valence-electron chi connectivity index (χ3n) is 4.06. The summed E-state index contributed by atoms with van der Waals surface area (Å²) in [4.78, 5) is 25.9. The number of anilines is 1. The number of nitrogens with one attached hydrogen (secondary N) is 1. The quantitative estimate of drug-likeness (QED) is 0.407. The van der Waals surface area contributed by atoms with E-state index in [9.17, 15) is 9.59 Å². The number of rotatable bonds is 3. The van der Waals surface area contributed by atoms with Gasteiger partial charge in [0.2, 0.25) is 0 Å². The summed E-state index contributed by atoms with van der Waals surface area (Å²) in [6.45, 7) is 0. The molecule has 0 saturated carbocycles. The van der Waals surface area contributed by atoms with Crippen LogP contribution in [-0.4, -0.2) is 11.9 Å². The van der Waals surface area contributed by atoms with Crippen LogP contribution in [0.2, 0.25) is 15.1 Å². The summed E-state index contributed by atoms with van der Waals surface area (Å²) < 4.78 is 5.75. The number of halogens is 3. The van der Waals surface area contributed by atoms with Crippen LogP contribution in [0.5, 0.6) is 0 Å². The van der Waals surface area contributed by atoms with E-state index in [1.165, 1.54) is 12.1 Å². The molecule has 1 aliphatic heterocycles. The molecule has 0 unspecified atom stereocenters. The molecule has 0 atom stereocenters. The summed E-state index contributed by atoms with van der Waals surface area (Å²) in [5, 5.41) is 3.82. The molecule has 4 rings (SSSR count). The topological polar surface area (TPSA) is 62.6 Å². The Bertz CT molecular complexity index is 1140. The smallest absolute Gasteiger partial charge is 0.333 e. The second kappa shape index (κ2) is 7.36. The third-order valence-corrected chi connectivity index (χ3v) is 5.04. The summed E-state index contributed by atoms with van der Waals surface area (Å²) in [6.07, 6.45) is 1.46. The minimum Gasteiger partial charge on any atom is -0.457 e. The maximum Gasteiger partial charge on any atom is 0.333 e. The summed E-state index contributed by atoms with van der Waals surface area (Å²) in [5.74, 6) is 0.450. The maximum absolute atomic E-state index is 12.6. The van der Waals surface area contributed by atoms with Gasteiger partial charge in [0.15, 0.2) is 0 Å². The molecule has 0 aliphatic carbocycles. The zero-order chi connectivity index (χ0) is 19.8. The van der Waals surface area contributed by atoms with Gasteiger partial charge in [-0.2, -0.15) is 0 Å². The highest BCUT2D eigenvalue weighted by Gasteiger charge is 2.35. The molecular formula is C20H11Cl3N2O3. The summed E-state index contributed by atoms with van der Waals surface area (Å²) in [6, 6.07) is 14.5. The van der Waals surface area contributed by atoms with Gasteiger partial charge >= 0.3 is 6.03 Å². The van der Waals surface area contributed by atoms with Crippen LogP contribution in [0.3, 0.4) is 0 Å². The molecule has 1 aliphatic rings. The van der Waals surface area contributed by atoms with Crippen molar-refractivity contribution in [2.24, 2.45) is 0 Å². The first-order valence-corrected chi connectivity index (χ1v) is 9.24. The minimum atomic E-state index is -0.560. The standard InChI is InChI=1S/C20H11Cl3N2O3/c21-12-2-1-3-13(9-12)25-19(26)17(24-20(25)27)10-14-5-7-18(28-14)11-4-6-15(22)16(23)8-11/h1-10H,(H,24,27)/b17-10-. The van der Waals surface area contributed by atoms with Gasteiger partial charge in [0.25, 0.3) is 5.91 Å². The van der Waals surface area contributed by atoms with E-state index in [1.54, 1.807) is 48.5 Å². The SMILES string of the molecule is O=C1N/C(=C\c2ccc(-c3ccc(Cl)c(Cl)c3)o2)C(=O)N1c1cccc(Cl)c1. The Labute approximate surface area is 175 Å². The predicted molar refractivity (Wildman–Crippen MR) is 110 cm³/mol. The lowest BCUT2D eigenvalue weighted by atomic mass is 10.2. The van der Waals surface area contributed by atoms with Gasteiger partial charge in [-0.15, -0.1) is 0 Å². The Balaban J connectivity index is 1.61. The van der Waals surface area contributed by atoms with E-state index >= 15 is 0 Å². The molecule has 3 aromatic rings. The van der Waals surface area contributed by atoms with Gasteiger partial charge < -0.3 is 9.73 Å². The number of hydrogen-bond acceptors (Lipinski definition) is 3. The molecule has 0 radical (unpaired) electrons. The first-order chi connectivity index (χ1) is 13.4. The van der Waals surface area contributed by atoms with Gasteiger partial charge in [0.1, 0.15) is 17.2 Å². The highest BCUT2D eigenvalue weighted by Crippen LogP contribution is 2.30. The van der Waals surface area contributed by atoms with E-state index < -0.39 is 11.9 Å². The molecule has 2 heterocycles. The second-order valence-corrected chi connectivity index (χ2v) is 7.19. The molecule has 2 aromatic carbocycles. The lowest BCUT2D eigenvalue weighted by molar-refractivity contribution is -0.113. The van der Waals surface area contributed by atoms with Gasteiger partial charge in [-0.1, -0.05) is 40.9 Å². The van der Waals surface area contributed by atoms with Crippen molar-refractivity contribution in [2.75, 3.05) is 4.90 Å². The van der Waals surface area contributed by atoms with Gasteiger partial charge in [0, 0.05) is 16.7 Å². The van der Waals surface area contributed by atoms with Gasteiger partial charge in [-0.25, -0.2) is 9.69 Å². The molecular weight excluding hydrogens is 423 g/mol. The fraction of sp³-hybridized carbons (Fsp3) is 0. The van der Waals surface area contributed by atoms with Crippen LogP contribution in [0, 0.1) is 0 Å². The van der Waals surface area contributed by atoms with Crippen LogP contribution < -0.4 is 10.2 Å². The number of urea groups is 1. The lowest BCUT2D eigenvalue weighted by Crippen LogP contribution is -2.30. The molecule has 1 saturated heterocycles. The van der Waals surface area contributed by atoms with Crippen molar-refractivity contribution in [3.63, 3.8) is 0 Å². The number of hydrogen-bond donors (Lipinski definition) is 1. The third kappa shape index (κ3) is 3.52. The van der Waals surface area contributed by atoms with Crippen molar-refractivity contribution >= 4 is 58.5 Å². The van der Waals surface area contributed by atoms with Crippen LogP contribution in [-0.2, 0) is 4.79 Å². The zero-order valence-electron chi connectivity index (χ0n) is 14.1. The van der Waals surface area contributed by atoms with Crippen molar-refractivity contribution in [2.45, 2.75) is 0 Å². The Morgan fingerprint density at radius 2 is 1.75 bits per heavy atom. The van der Waals surface area contributed by atoms with Gasteiger partial charge in [-0.3, -0.25) is 4.79 Å². The summed E-state index contributed by atoms with van der Waals surface area (Å²) in [7, 11) is 0. The monoisotopic (exact) mass is 432 g/mol. The molecule has 1 aromatic heterocycles.